The van der Waals surface area contributed by atoms with Gasteiger partial charge in [0, 0.05) is 11.6 Å². The Balaban J connectivity index is 1.71. The minimum absolute atomic E-state index is 0.0713. The molecule has 0 spiro atoms. The first-order valence-electron chi connectivity index (χ1n) is 7.14. The lowest BCUT2D eigenvalue weighted by Gasteiger charge is -2.10. The SMILES string of the molecule is N#Cc1ccccc1NCC(=O)Nc1cccc2cccnc12. The van der Waals surface area contributed by atoms with Gasteiger partial charge in [0.05, 0.1) is 29.0 Å². The van der Waals surface area contributed by atoms with Crippen LogP contribution in [0.5, 0.6) is 0 Å². The maximum absolute atomic E-state index is 12.1. The van der Waals surface area contributed by atoms with Crippen molar-refractivity contribution in [2.75, 3.05) is 17.2 Å². The van der Waals surface area contributed by atoms with Crippen molar-refractivity contribution in [1.29, 1.82) is 5.26 Å². The zero-order valence-electron chi connectivity index (χ0n) is 12.3. The Labute approximate surface area is 133 Å². The van der Waals surface area contributed by atoms with Crippen LogP contribution < -0.4 is 10.6 Å². The van der Waals surface area contributed by atoms with Gasteiger partial charge in [-0.05, 0) is 24.3 Å². The first kappa shape index (κ1) is 14.5. The highest BCUT2D eigenvalue weighted by Crippen LogP contribution is 2.20. The van der Waals surface area contributed by atoms with Crippen LogP contribution >= 0.6 is 0 Å². The second-order valence-corrected chi connectivity index (χ2v) is 4.94. The summed E-state index contributed by atoms with van der Waals surface area (Å²) in [7, 11) is 0. The Morgan fingerprint density at radius 2 is 1.83 bits per heavy atom. The van der Waals surface area contributed by atoms with Gasteiger partial charge in [0.1, 0.15) is 6.07 Å². The lowest BCUT2D eigenvalue weighted by Crippen LogP contribution is -2.22. The number of hydrogen-bond donors (Lipinski definition) is 2. The number of rotatable bonds is 4. The summed E-state index contributed by atoms with van der Waals surface area (Å²) in [5.74, 6) is -0.198. The lowest BCUT2D eigenvalue weighted by atomic mass is 10.2. The summed E-state index contributed by atoms with van der Waals surface area (Å²) in [4.78, 5) is 16.4. The highest BCUT2D eigenvalue weighted by atomic mass is 16.1. The molecule has 0 saturated carbocycles. The number of pyridine rings is 1. The molecule has 0 fully saturated rings. The normalized spacial score (nSPS) is 10.0. The molecule has 0 radical (unpaired) electrons. The Bertz CT molecular complexity index is 893. The van der Waals surface area contributed by atoms with Gasteiger partial charge in [-0.3, -0.25) is 9.78 Å². The Hall–Kier alpha value is -3.39. The zero-order valence-corrected chi connectivity index (χ0v) is 12.3. The molecule has 0 saturated heterocycles. The van der Waals surface area contributed by atoms with E-state index in [1.165, 1.54) is 0 Å². The molecule has 1 amide bonds. The summed E-state index contributed by atoms with van der Waals surface area (Å²) in [5.41, 5.74) is 2.57. The van der Waals surface area contributed by atoms with Gasteiger partial charge in [0.2, 0.25) is 5.91 Å². The smallest absolute Gasteiger partial charge is 0.243 e. The van der Waals surface area contributed by atoms with Crippen LogP contribution in [-0.4, -0.2) is 17.4 Å². The van der Waals surface area contributed by atoms with E-state index in [0.29, 0.717) is 16.9 Å². The number of benzene rings is 2. The lowest BCUT2D eigenvalue weighted by molar-refractivity contribution is -0.114. The largest absolute Gasteiger partial charge is 0.375 e. The van der Waals surface area contributed by atoms with E-state index in [2.05, 4.69) is 21.7 Å². The number of carbonyl (C=O) groups is 1. The van der Waals surface area contributed by atoms with Crippen LogP contribution in [0.15, 0.2) is 60.8 Å². The first-order valence-corrected chi connectivity index (χ1v) is 7.14. The maximum Gasteiger partial charge on any atom is 0.243 e. The number of nitriles is 1. The van der Waals surface area contributed by atoms with Crippen molar-refractivity contribution in [2.24, 2.45) is 0 Å². The number of anilines is 2. The summed E-state index contributed by atoms with van der Waals surface area (Å²) >= 11 is 0. The summed E-state index contributed by atoms with van der Waals surface area (Å²) in [6, 6.07) is 18.6. The van der Waals surface area contributed by atoms with Crippen molar-refractivity contribution in [1.82, 2.24) is 4.98 Å². The molecule has 112 valence electrons. The van der Waals surface area contributed by atoms with Crippen LogP contribution in [0.4, 0.5) is 11.4 Å². The Morgan fingerprint density at radius 3 is 2.70 bits per heavy atom. The molecule has 5 heteroatoms. The number of nitrogens with zero attached hydrogens (tertiary/aromatic N) is 2. The van der Waals surface area contributed by atoms with Gasteiger partial charge in [0.25, 0.3) is 0 Å². The summed E-state index contributed by atoms with van der Waals surface area (Å²) < 4.78 is 0. The average molecular weight is 302 g/mol. The monoisotopic (exact) mass is 302 g/mol. The molecule has 0 aliphatic rings. The van der Waals surface area contributed by atoms with Crippen LogP contribution in [0.3, 0.4) is 0 Å². The number of carbonyl (C=O) groups excluding carboxylic acids is 1. The Morgan fingerprint density at radius 1 is 1.04 bits per heavy atom. The van der Waals surface area contributed by atoms with E-state index in [4.69, 9.17) is 5.26 Å². The standard InChI is InChI=1S/C18H14N4O/c19-11-14-5-1-2-8-15(14)21-12-17(23)22-16-9-3-6-13-7-4-10-20-18(13)16/h1-10,21H,12H2,(H,22,23). The second-order valence-electron chi connectivity index (χ2n) is 4.94. The van der Waals surface area contributed by atoms with E-state index in [-0.39, 0.29) is 12.5 Å². The quantitative estimate of drug-likeness (QED) is 0.776. The number of hydrogen-bond acceptors (Lipinski definition) is 4. The first-order chi connectivity index (χ1) is 11.3. The Kier molecular flexibility index (Phi) is 4.16. The molecule has 5 nitrogen and oxygen atoms in total. The van der Waals surface area contributed by atoms with Gasteiger partial charge in [-0.2, -0.15) is 5.26 Å². The molecular formula is C18H14N4O. The molecule has 3 aromatic rings. The van der Waals surface area contributed by atoms with E-state index >= 15 is 0 Å². The fraction of sp³-hybridized carbons (Fsp3) is 0.0556. The topological polar surface area (TPSA) is 77.8 Å². The minimum atomic E-state index is -0.198. The number of para-hydroxylation sites is 2. The molecule has 0 unspecified atom stereocenters. The molecule has 0 bridgehead atoms. The van der Waals surface area contributed by atoms with E-state index in [1.54, 1.807) is 24.4 Å². The third-order valence-corrected chi connectivity index (χ3v) is 3.39. The van der Waals surface area contributed by atoms with Gasteiger partial charge < -0.3 is 10.6 Å². The van der Waals surface area contributed by atoms with E-state index in [1.807, 2.05) is 36.4 Å². The van der Waals surface area contributed by atoms with E-state index in [9.17, 15) is 4.79 Å². The summed E-state index contributed by atoms with van der Waals surface area (Å²) in [5, 5.41) is 15.8. The molecule has 0 aliphatic carbocycles. The molecular weight excluding hydrogens is 288 g/mol. The fourth-order valence-corrected chi connectivity index (χ4v) is 2.31. The fourth-order valence-electron chi connectivity index (χ4n) is 2.31. The third kappa shape index (κ3) is 3.27. The van der Waals surface area contributed by atoms with Crippen molar-refractivity contribution < 1.29 is 4.79 Å². The summed E-state index contributed by atoms with van der Waals surface area (Å²) in [6.07, 6.45) is 1.69. The second kappa shape index (κ2) is 6.58. The van der Waals surface area contributed by atoms with Gasteiger partial charge >= 0.3 is 0 Å². The van der Waals surface area contributed by atoms with Gasteiger partial charge in [-0.25, -0.2) is 0 Å². The van der Waals surface area contributed by atoms with Crippen LogP contribution in [0.25, 0.3) is 10.9 Å². The number of amides is 1. The van der Waals surface area contributed by atoms with Crippen LogP contribution in [0.1, 0.15) is 5.56 Å². The predicted octanol–water partition coefficient (Wildman–Crippen LogP) is 3.16. The van der Waals surface area contributed by atoms with E-state index < -0.39 is 0 Å². The molecule has 1 aromatic heterocycles. The number of aromatic nitrogens is 1. The van der Waals surface area contributed by atoms with Gasteiger partial charge in [-0.1, -0.05) is 30.3 Å². The highest BCUT2D eigenvalue weighted by molar-refractivity contribution is 6.01. The molecule has 1 heterocycles. The average Bonchev–Trinajstić information content (AvgIpc) is 2.60. The molecule has 3 rings (SSSR count). The van der Waals surface area contributed by atoms with Crippen LogP contribution in [-0.2, 0) is 4.79 Å². The molecule has 2 N–H and O–H groups in total. The molecule has 0 atom stereocenters. The third-order valence-electron chi connectivity index (χ3n) is 3.39. The highest BCUT2D eigenvalue weighted by Gasteiger charge is 2.07. The summed E-state index contributed by atoms with van der Waals surface area (Å²) in [6.45, 7) is 0.0713. The molecule has 0 aliphatic heterocycles. The predicted molar refractivity (Wildman–Crippen MR) is 90.0 cm³/mol. The van der Waals surface area contributed by atoms with Crippen LogP contribution in [0.2, 0.25) is 0 Å². The van der Waals surface area contributed by atoms with Gasteiger partial charge in [-0.15, -0.1) is 0 Å². The number of fused-ring (bicyclic) bond motifs is 1. The maximum atomic E-state index is 12.1. The zero-order chi connectivity index (χ0) is 16.1. The minimum Gasteiger partial charge on any atom is -0.375 e. The van der Waals surface area contributed by atoms with Crippen LogP contribution in [0, 0.1) is 11.3 Å². The van der Waals surface area contributed by atoms with Crippen molar-refractivity contribution >= 4 is 28.2 Å². The number of nitrogens with one attached hydrogen (secondary N) is 2. The van der Waals surface area contributed by atoms with Crippen molar-refractivity contribution in [2.45, 2.75) is 0 Å². The van der Waals surface area contributed by atoms with Crippen molar-refractivity contribution in [3.63, 3.8) is 0 Å². The van der Waals surface area contributed by atoms with Crippen molar-refractivity contribution in [3.05, 3.63) is 66.4 Å². The molecule has 23 heavy (non-hydrogen) atoms. The van der Waals surface area contributed by atoms with Crippen molar-refractivity contribution in [3.8, 4) is 6.07 Å². The molecule has 2 aromatic carbocycles. The van der Waals surface area contributed by atoms with E-state index in [0.717, 1.165) is 10.9 Å². The van der Waals surface area contributed by atoms with Gasteiger partial charge in [0.15, 0.2) is 0 Å².